The fourth-order valence-electron chi connectivity index (χ4n) is 3.42. The highest BCUT2D eigenvalue weighted by atomic mass is 35.5. The lowest BCUT2D eigenvalue weighted by Gasteiger charge is -2.24. The van der Waals surface area contributed by atoms with Gasteiger partial charge in [0.25, 0.3) is 0 Å². The predicted molar refractivity (Wildman–Crippen MR) is 111 cm³/mol. The zero-order valence-electron chi connectivity index (χ0n) is 15.9. The maximum Gasteiger partial charge on any atom is 0.249 e. The summed E-state index contributed by atoms with van der Waals surface area (Å²) in [4.78, 5) is 25.3. The summed E-state index contributed by atoms with van der Waals surface area (Å²) in [5.41, 5.74) is 2.79. The molecule has 1 aliphatic heterocycles. The van der Waals surface area contributed by atoms with Crippen molar-refractivity contribution in [2.75, 3.05) is 17.7 Å². The maximum absolute atomic E-state index is 13.0. The van der Waals surface area contributed by atoms with E-state index in [2.05, 4.69) is 15.7 Å². The predicted octanol–water partition coefficient (Wildman–Crippen LogP) is 4.04. The Kier molecular flexibility index (Phi) is 4.98. The van der Waals surface area contributed by atoms with Crippen LogP contribution in [0.4, 0.5) is 11.5 Å². The number of halogens is 1. The minimum absolute atomic E-state index is 0.00983. The number of nitrogens with one attached hydrogen (secondary N) is 2. The van der Waals surface area contributed by atoms with E-state index in [1.807, 2.05) is 25.1 Å². The average molecular weight is 411 g/mol. The number of nitrogens with zero attached hydrogens (tertiary/aromatic N) is 2. The average Bonchev–Trinajstić information content (AvgIpc) is 3.04. The number of aromatic nitrogens is 2. The molecule has 148 valence electrons. The molecule has 2 N–H and O–H groups in total. The molecule has 2 aromatic carbocycles. The molecule has 1 aliphatic rings. The van der Waals surface area contributed by atoms with E-state index in [0.29, 0.717) is 28.0 Å². The topological polar surface area (TPSA) is 85.2 Å². The Morgan fingerprint density at radius 3 is 2.83 bits per heavy atom. The molecule has 0 bridgehead atoms. The second-order valence-corrected chi connectivity index (χ2v) is 7.17. The van der Waals surface area contributed by atoms with Crippen LogP contribution in [0, 0.1) is 6.92 Å². The van der Waals surface area contributed by atoms with Crippen molar-refractivity contribution in [1.29, 1.82) is 0 Å². The van der Waals surface area contributed by atoms with Crippen molar-refractivity contribution in [2.45, 2.75) is 19.4 Å². The zero-order chi connectivity index (χ0) is 20.5. The molecule has 0 spiro atoms. The number of rotatable bonds is 4. The Morgan fingerprint density at radius 1 is 1.28 bits per heavy atom. The van der Waals surface area contributed by atoms with Gasteiger partial charge in [-0.15, -0.1) is 0 Å². The number of anilines is 2. The van der Waals surface area contributed by atoms with Gasteiger partial charge in [-0.05, 0) is 31.2 Å². The Labute approximate surface area is 172 Å². The number of carbonyl (C=O) groups is 2. The molecular formula is C21H19ClN4O3. The molecule has 2 amide bonds. The van der Waals surface area contributed by atoms with Gasteiger partial charge in [-0.2, -0.15) is 5.10 Å². The molecule has 0 saturated heterocycles. The van der Waals surface area contributed by atoms with Crippen LogP contribution in [0.15, 0.2) is 48.5 Å². The third kappa shape index (κ3) is 3.56. The highest BCUT2D eigenvalue weighted by Crippen LogP contribution is 2.35. The summed E-state index contributed by atoms with van der Waals surface area (Å²) < 4.78 is 6.85. The van der Waals surface area contributed by atoms with E-state index in [1.165, 1.54) is 7.11 Å². The number of methoxy groups -OCH3 is 1. The first-order chi connectivity index (χ1) is 14.0. The van der Waals surface area contributed by atoms with Gasteiger partial charge in [0.2, 0.25) is 11.8 Å². The van der Waals surface area contributed by atoms with E-state index in [0.717, 1.165) is 11.1 Å². The van der Waals surface area contributed by atoms with Gasteiger partial charge in [0.05, 0.1) is 24.9 Å². The summed E-state index contributed by atoms with van der Waals surface area (Å²) in [5, 5.41) is 10.9. The molecular weight excluding hydrogens is 392 g/mol. The Bertz CT molecular complexity index is 1110. The number of hydrogen-bond donors (Lipinski definition) is 2. The Hall–Kier alpha value is -3.32. The van der Waals surface area contributed by atoms with Crippen LogP contribution < -0.4 is 15.4 Å². The van der Waals surface area contributed by atoms with Gasteiger partial charge < -0.3 is 15.4 Å². The molecule has 0 fully saturated rings. The minimum atomic E-state index is -0.782. The van der Waals surface area contributed by atoms with Gasteiger partial charge >= 0.3 is 0 Å². The van der Waals surface area contributed by atoms with E-state index < -0.39 is 6.04 Å². The lowest BCUT2D eigenvalue weighted by Crippen LogP contribution is -2.36. The molecule has 0 radical (unpaired) electrons. The molecule has 1 aromatic heterocycles. The SMILES string of the molecule is COc1ccccc1NC(=O)C1CC(=O)Nc2c(C)c(-c3cccc(Cl)c3)nn21. The Morgan fingerprint density at radius 2 is 2.07 bits per heavy atom. The van der Waals surface area contributed by atoms with Crippen molar-refractivity contribution in [2.24, 2.45) is 0 Å². The van der Waals surface area contributed by atoms with Crippen LogP contribution in [-0.2, 0) is 9.59 Å². The standard InChI is InChI=1S/C21H19ClN4O3/c1-12-19(13-6-5-7-14(22)10-13)25-26-16(11-18(27)24-20(12)26)21(28)23-15-8-3-4-9-17(15)29-2/h3-10,16H,11H2,1-2H3,(H,23,28)(H,24,27). The quantitative estimate of drug-likeness (QED) is 0.679. The minimum Gasteiger partial charge on any atom is -0.495 e. The van der Waals surface area contributed by atoms with Gasteiger partial charge in [-0.25, -0.2) is 4.68 Å². The van der Waals surface area contributed by atoms with E-state index in [9.17, 15) is 9.59 Å². The number of fused-ring (bicyclic) bond motifs is 1. The van der Waals surface area contributed by atoms with Crippen molar-refractivity contribution >= 4 is 34.9 Å². The lowest BCUT2D eigenvalue weighted by atomic mass is 10.1. The second-order valence-electron chi connectivity index (χ2n) is 6.73. The first-order valence-electron chi connectivity index (χ1n) is 9.06. The zero-order valence-corrected chi connectivity index (χ0v) is 16.7. The highest BCUT2D eigenvalue weighted by Gasteiger charge is 2.34. The molecule has 0 saturated carbocycles. The molecule has 2 heterocycles. The van der Waals surface area contributed by atoms with Crippen LogP contribution in [-0.4, -0.2) is 28.7 Å². The number of hydrogen-bond acceptors (Lipinski definition) is 4. The van der Waals surface area contributed by atoms with Crippen molar-refractivity contribution in [3.63, 3.8) is 0 Å². The number of ether oxygens (including phenoxy) is 1. The van der Waals surface area contributed by atoms with Gasteiger partial charge in [0.1, 0.15) is 17.6 Å². The van der Waals surface area contributed by atoms with Gasteiger partial charge in [-0.1, -0.05) is 35.9 Å². The van der Waals surface area contributed by atoms with Crippen LogP contribution >= 0.6 is 11.6 Å². The van der Waals surface area contributed by atoms with E-state index in [4.69, 9.17) is 16.3 Å². The van der Waals surface area contributed by atoms with E-state index >= 15 is 0 Å². The summed E-state index contributed by atoms with van der Waals surface area (Å²) in [6, 6.07) is 13.6. The van der Waals surface area contributed by atoms with Crippen molar-refractivity contribution in [1.82, 2.24) is 9.78 Å². The highest BCUT2D eigenvalue weighted by molar-refractivity contribution is 6.30. The summed E-state index contributed by atoms with van der Waals surface area (Å²) >= 11 is 6.11. The normalized spacial score (nSPS) is 15.4. The van der Waals surface area contributed by atoms with Crippen LogP contribution in [0.1, 0.15) is 18.0 Å². The molecule has 8 heteroatoms. The molecule has 4 rings (SSSR count). The fourth-order valence-corrected chi connectivity index (χ4v) is 3.61. The molecule has 1 unspecified atom stereocenters. The van der Waals surface area contributed by atoms with Crippen molar-refractivity contribution in [3.05, 3.63) is 59.1 Å². The summed E-state index contributed by atoms with van der Waals surface area (Å²) in [7, 11) is 1.53. The van der Waals surface area contributed by atoms with E-state index in [1.54, 1.807) is 35.0 Å². The first kappa shape index (κ1) is 19.0. The van der Waals surface area contributed by atoms with Crippen molar-refractivity contribution in [3.8, 4) is 17.0 Å². The van der Waals surface area contributed by atoms with Crippen LogP contribution in [0.5, 0.6) is 5.75 Å². The van der Waals surface area contributed by atoms with E-state index in [-0.39, 0.29) is 18.2 Å². The first-order valence-corrected chi connectivity index (χ1v) is 9.44. The molecule has 7 nitrogen and oxygen atoms in total. The lowest BCUT2D eigenvalue weighted by molar-refractivity contribution is -0.125. The largest absolute Gasteiger partial charge is 0.495 e. The summed E-state index contributed by atoms with van der Waals surface area (Å²) in [6.45, 7) is 1.86. The number of benzene rings is 2. The number of carbonyl (C=O) groups excluding carboxylic acids is 2. The third-order valence-electron chi connectivity index (χ3n) is 4.84. The van der Waals surface area contributed by atoms with Gasteiger partial charge in [-0.3, -0.25) is 9.59 Å². The van der Waals surface area contributed by atoms with Crippen LogP contribution in [0.3, 0.4) is 0 Å². The summed E-state index contributed by atoms with van der Waals surface area (Å²) in [5.74, 6) is 0.470. The van der Waals surface area contributed by atoms with Crippen LogP contribution in [0.2, 0.25) is 5.02 Å². The number of para-hydroxylation sites is 2. The van der Waals surface area contributed by atoms with Crippen molar-refractivity contribution < 1.29 is 14.3 Å². The third-order valence-corrected chi connectivity index (χ3v) is 5.08. The fraction of sp³-hybridized carbons (Fsp3) is 0.190. The summed E-state index contributed by atoms with van der Waals surface area (Å²) in [6.07, 6.45) is -0.00983. The molecule has 1 atom stereocenters. The molecule has 3 aromatic rings. The van der Waals surface area contributed by atoms with Gasteiger partial charge in [0.15, 0.2) is 0 Å². The number of amides is 2. The molecule has 0 aliphatic carbocycles. The Balaban J connectivity index is 1.71. The van der Waals surface area contributed by atoms with Crippen LogP contribution in [0.25, 0.3) is 11.3 Å². The van der Waals surface area contributed by atoms with Gasteiger partial charge in [0, 0.05) is 16.1 Å². The maximum atomic E-state index is 13.0. The monoisotopic (exact) mass is 410 g/mol. The second kappa shape index (κ2) is 7.60. The molecule has 29 heavy (non-hydrogen) atoms. The smallest absolute Gasteiger partial charge is 0.249 e.